The molecule has 0 unspecified atom stereocenters. The van der Waals surface area contributed by atoms with Gasteiger partial charge in [0.15, 0.2) is 5.82 Å². The number of amides is 1. The topological polar surface area (TPSA) is 85.6 Å². The number of aryl methyl sites for hydroxylation is 1. The lowest BCUT2D eigenvalue weighted by Gasteiger charge is -2.18. The number of ether oxygens (including phenoxy) is 2. The minimum absolute atomic E-state index is 0.271. The Kier molecular flexibility index (Phi) is 5.33. The number of anilines is 2. The zero-order valence-electron chi connectivity index (χ0n) is 13.3. The first-order valence-electron chi connectivity index (χ1n) is 6.86. The van der Waals surface area contributed by atoms with E-state index in [0.717, 1.165) is 0 Å². The molecule has 1 aromatic heterocycles. The molecule has 2 rings (SSSR count). The van der Waals surface area contributed by atoms with E-state index in [2.05, 4.69) is 15.8 Å². The van der Waals surface area contributed by atoms with Crippen LogP contribution < -0.4 is 20.1 Å². The number of nitrogens with zero attached hydrogens (tertiary/aromatic N) is 1. The average molecular weight is 340 g/mol. The summed E-state index contributed by atoms with van der Waals surface area (Å²) in [5, 5.41) is 9.83. The minimum Gasteiger partial charge on any atom is -0.495 e. The van der Waals surface area contributed by atoms with Gasteiger partial charge in [-0.15, -0.1) is 0 Å². The van der Waals surface area contributed by atoms with Gasteiger partial charge in [-0.1, -0.05) is 16.8 Å². The van der Waals surface area contributed by atoms with Gasteiger partial charge in [-0.2, -0.15) is 0 Å². The summed E-state index contributed by atoms with van der Waals surface area (Å²) in [6.45, 7) is 3.45. The van der Waals surface area contributed by atoms with Crippen molar-refractivity contribution >= 4 is 29.0 Å². The molecule has 2 N–H and O–H groups in total. The van der Waals surface area contributed by atoms with Crippen LogP contribution in [0.15, 0.2) is 22.7 Å². The standard InChI is InChI=1S/C15H18ClN3O4/c1-8-5-14(19-23-8)18-15(20)9(2)17-11-6-10(16)12(21-3)7-13(11)22-4/h5-7,9,17H,1-4H3,(H,18,19,20)/t9-/m1/s1. The molecule has 1 heterocycles. The molecule has 0 saturated heterocycles. The molecule has 23 heavy (non-hydrogen) atoms. The Hall–Kier alpha value is -2.41. The number of carbonyl (C=O) groups is 1. The Morgan fingerprint density at radius 3 is 2.52 bits per heavy atom. The van der Waals surface area contributed by atoms with Crippen LogP contribution in [0.25, 0.3) is 0 Å². The van der Waals surface area contributed by atoms with Crippen molar-refractivity contribution in [3.63, 3.8) is 0 Å². The summed E-state index contributed by atoms with van der Waals surface area (Å²) in [6, 6.07) is 4.37. The zero-order valence-corrected chi connectivity index (χ0v) is 14.0. The van der Waals surface area contributed by atoms with Gasteiger partial charge in [-0.05, 0) is 19.9 Å². The molecule has 0 saturated carbocycles. The van der Waals surface area contributed by atoms with Crippen LogP contribution in [0.3, 0.4) is 0 Å². The number of aromatic nitrogens is 1. The monoisotopic (exact) mass is 339 g/mol. The van der Waals surface area contributed by atoms with Gasteiger partial charge in [0.05, 0.1) is 24.9 Å². The lowest BCUT2D eigenvalue weighted by molar-refractivity contribution is -0.116. The van der Waals surface area contributed by atoms with Gasteiger partial charge in [0.2, 0.25) is 5.91 Å². The second kappa shape index (κ2) is 7.23. The van der Waals surface area contributed by atoms with Gasteiger partial charge in [-0.3, -0.25) is 4.79 Å². The molecule has 0 spiro atoms. The quantitative estimate of drug-likeness (QED) is 0.841. The van der Waals surface area contributed by atoms with E-state index in [1.165, 1.54) is 14.2 Å². The van der Waals surface area contributed by atoms with Crippen molar-refractivity contribution in [2.24, 2.45) is 0 Å². The number of hydrogen-bond donors (Lipinski definition) is 2. The molecule has 1 amide bonds. The molecular formula is C15H18ClN3O4. The third-order valence-corrected chi connectivity index (χ3v) is 3.41. The largest absolute Gasteiger partial charge is 0.495 e. The normalized spacial score (nSPS) is 11.7. The maximum absolute atomic E-state index is 12.2. The van der Waals surface area contributed by atoms with E-state index in [-0.39, 0.29) is 5.91 Å². The molecular weight excluding hydrogens is 322 g/mol. The fraction of sp³-hybridized carbons (Fsp3) is 0.333. The minimum atomic E-state index is -0.551. The van der Waals surface area contributed by atoms with Crippen LogP contribution in [-0.2, 0) is 4.79 Å². The fourth-order valence-corrected chi connectivity index (χ4v) is 2.17. The van der Waals surface area contributed by atoms with Crippen molar-refractivity contribution in [1.29, 1.82) is 0 Å². The predicted molar refractivity (Wildman–Crippen MR) is 87.5 cm³/mol. The second-order valence-corrected chi connectivity index (χ2v) is 5.27. The molecule has 0 aliphatic heterocycles. The summed E-state index contributed by atoms with van der Waals surface area (Å²) in [4.78, 5) is 12.2. The number of methoxy groups -OCH3 is 2. The van der Waals surface area contributed by atoms with Gasteiger partial charge >= 0.3 is 0 Å². The number of nitrogens with one attached hydrogen (secondary N) is 2. The molecule has 8 heteroatoms. The molecule has 0 radical (unpaired) electrons. The first-order chi connectivity index (χ1) is 10.9. The Morgan fingerprint density at radius 2 is 1.96 bits per heavy atom. The molecule has 0 fully saturated rings. The van der Waals surface area contributed by atoms with Crippen LogP contribution in [0.4, 0.5) is 11.5 Å². The van der Waals surface area contributed by atoms with Crippen molar-refractivity contribution in [2.75, 3.05) is 24.9 Å². The van der Waals surface area contributed by atoms with Crippen LogP contribution in [0, 0.1) is 6.92 Å². The molecule has 0 aliphatic carbocycles. The highest BCUT2D eigenvalue weighted by molar-refractivity contribution is 6.32. The number of hydrogen-bond acceptors (Lipinski definition) is 6. The SMILES string of the molecule is COc1cc(OC)c(N[C@H](C)C(=O)Nc2cc(C)on2)cc1Cl. The lowest BCUT2D eigenvalue weighted by Crippen LogP contribution is -2.32. The molecule has 0 aliphatic rings. The number of rotatable bonds is 6. The second-order valence-electron chi connectivity index (χ2n) is 4.87. The summed E-state index contributed by atoms with van der Waals surface area (Å²) in [6.07, 6.45) is 0. The Morgan fingerprint density at radius 1 is 1.26 bits per heavy atom. The Balaban J connectivity index is 2.11. The summed E-state index contributed by atoms with van der Waals surface area (Å²) in [5.74, 6) is 1.71. The van der Waals surface area contributed by atoms with E-state index < -0.39 is 6.04 Å². The molecule has 0 bridgehead atoms. The molecule has 1 aromatic carbocycles. The number of carbonyl (C=O) groups excluding carboxylic acids is 1. The summed E-state index contributed by atoms with van der Waals surface area (Å²) in [7, 11) is 3.04. The van der Waals surface area contributed by atoms with Crippen LogP contribution in [-0.4, -0.2) is 31.3 Å². The maximum atomic E-state index is 12.2. The Labute approximate surface area is 138 Å². The van der Waals surface area contributed by atoms with Crippen molar-refractivity contribution in [2.45, 2.75) is 19.9 Å². The van der Waals surface area contributed by atoms with Gasteiger partial charge < -0.3 is 24.6 Å². The van der Waals surface area contributed by atoms with E-state index >= 15 is 0 Å². The number of benzene rings is 1. The molecule has 2 aromatic rings. The fourth-order valence-electron chi connectivity index (χ4n) is 1.93. The predicted octanol–water partition coefficient (Wildman–Crippen LogP) is 3.09. The number of halogens is 1. The van der Waals surface area contributed by atoms with Crippen LogP contribution in [0.5, 0.6) is 11.5 Å². The van der Waals surface area contributed by atoms with E-state index in [1.54, 1.807) is 32.0 Å². The van der Waals surface area contributed by atoms with E-state index in [9.17, 15) is 4.79 Å². The van der Waals surface area contributed by atoms with Crippen molar-refractivity contribution < 1.29 is 18.8 Å². The van der Waals surface area contributed by atoms with E-state index in [0.29, 0.717) is 33.8 Å². The van der Waals surface area contributed by atoms with Crippen molar-refractivity contribution in [3.8, 4) is 11.5 Å². The van der Waals surface area contributed by atoms with Gasteiger partial charge in [0, 0.05) is 12.1 Å². The van der Waals surface area contributed by atoms with Gasteiger partial charge in [0.1, 0.15) is 23.3 Å². The first-order valence-corrected chi connectivity index (χ1v) is 7.24. The third-order valence-electron chi connectivity index (χ3n) is 3.12. The molecule has 7 nitrogen and oxygen atoms in total. The highest BCUT2D eigenvalue weighted by Gasteiger charge is 2.18. The molecule has 124 valence electrons. The summed E-state index contributed by atoms with van der Waals surface area (Å²) in [5.41, 5.74) is 0.581. The third kappa shape index (κ3) is 4.07. The van der Waals surface area contributed by atoms with E-state index in [1.807, 2.05) is 0 Å². The average Bonchev–Trinajstić information content (AvgIpc) is 2.92. The van der Waals surface area contributed by atoms with Gasteiger partial charge in [-0.25, -0.2) is 0 Å². The van der Waals surface area contributed by atoms with Crippen LogP contribution in [0.1, 0.15) is 12.7 Å². The van der Waals surface area contributed by atoms with Crippen molar-refractivity contribution in [1.82, 2.24) is 5.16 Å². The smallest absolute Gasteiger partial charge is 0.247 e. The summed E-state index contributed by atoms with van der Waals surface area (Å²) >= 11 is 6.11. The summed E-state index contributed by atoms with van der Waals surface area (Å²) < 4.78 is 15.3. The van der Waals surface area contributed by atoms with Gasteiger partial charge in [0.25, 0.3) is 0 Å². The van der Waals surface area contributed by atoms with E-state index in [4.69, 9.17) is 25.6 Å². The highest BCUT2D eigenvalue weighted by atomic mass is 35.5. The Bertz CT molecular complexity index is 702. The zero-order chi connectivity index (χ0) is 17.0. The lowest BCUT2D eigenvalue weighted by atomic mass is 10.2. The van der Waals surface area contributed by atoms with Crippen LogP contribution in [0.2, 0.25) is 5.02 Å². The van der Waals surface area contributed by atoms with Crippen molar-refractivity contribution in [3.05, 3.63) is 29.0 Å². The molecule has 1 atom stereocenters. The maximum Gasteiger partial charge on any atom is 0.247 e. The first kappa shape index (κ1) is 17.0. The highest BCUT2D eigenvalue weighted by Crippen LogP contribution is 2.36. The van der Waals surface area contributed by atoms with Crippen LogP contribution >= 0.6 is 11.6 Å².